The summed E-state index contributed by atoms with van der Waals surface area (Å²) in [6.07, 6.45) is 15.3. The van der Waals surface area contributed by atoms with Crippen molar-refractivity contribution < 1.29 is 81.5 Å². The van der Waals surface area contributed by atoms with Gasteiger partial charge in [-0.1, -0.05) is 36.4 Å². The molecule has 11 amide bonds. The highest BCUT2D eigenvalue weighted by Crippen LogP contribution is 2.46. The fourth-order valence-corrected chi connectivity index (χ4v) is 13.8. The second-order valence-corrected chi connectivity index (χ2v) is 29.6. The van der Waals surface area contributed by atoms with Gasteiger partial charge in [0.1, 0.15) is 18.1 Å². The summed E-state index contributed by atoms with van der Waals surface area (Å²) in [7, 11) is 10.1. The second kappa shape index (κ2) is 45.3. The maximum absolute atomic E-state index is 13.3. The maximum Gasteiger partial charge on any atom is 0.291 e. The molecular weight excluding hydrogens is 1550 g/mol. The van der Waals surface area contributed by atoms with Gasteiger partial charge in [-0.25, -0.2) is 15.0 Å². The van der Waals surface area contributed by atoms with E-state index in [1.165, 1.54) is 44.6 Å². The Bertz CT molecular complexity index is 4750. The first-order chi connectivity index (χ1) is 57.9. The molecule has 38 heteroatoms. The molecule has 1 fully saturated rings. The van der Waals surface area contributed by atoms with Crippen molar-refractivity contribution >= 4 is 111 Å². The number of hydrogen-bond donors (Lipinski definition) is 10. The first-order valence-corrected chi connectivity index (χ1v) is 40.3. The highest BCUT2D eigenvalue weighted by Gasteiger charge is 2.43. The zero-order chi connectivity index (χ0) is 85.6. The molecule has 5 aromatic heterocycles. The third-order valence-corrected chi connectivity index (χ3v) is 20.3. The Morgan fingerprint density at radius 3 is 1.69 bits per heavy atom. The standard InChI is InChI=1S/C82H111N21O17/c1-55(105)103-63-17-16-58(44-64(63)102(50-66(103)57-14-15-57)47-59-12-8-9-13-60(59)53-104)56-22-32-101(33-23-56)75(111)54-120-43-42-119-41-40-118-39-38-117-37-36-116-35-24-71(107)84-26-11-31-95(2)30-10-25-83-70(106)20-27-87-80(113)77-92-68(51-99(77)6)91-74(110)21-28-86-79(112)65-45-61(48-97(65)4)88-82(115)78-93-67(52-100(78)7)90-72(108)18-19-73(109)94-69-46-62(49-98(69)5)89-81(114)76-85-29-34-96(76)3/h8-9,12-13,16-17,22,29,34,44-46,48-49,51-52,57,66,104H,10-11,14-15,18-21,23-28,30-33,35-43,47,50,53-54H2,1-7H3,(H,83,106)(H,84,107)(H,86,112)(H,87,113)(H,88,115)(H,89,114)(H,90,108)(H,91,110)(H,94,109)/t66-/m1/s1. The minimum absolute atomic E-state index is 0.00445. The number of carbonyl (C=O) groups is 11. The number of ether oxygens (including phenoxy) is 5. The molecule has 0 unspecified atom stereocenters. The zero-order valence-electron chi connectivity index (χ0n) is 69.2. The van der Waals surface area contributed by atoms with E-state index >= 15 is 0 Å². The van der Waals surface area contributed by atoms with Crippen molar-refractivity contribution in [2.45, 2.75) is 90.3 Å². The summed E-state index contributed by atoms with van der Waals surface area (Å²) < 4.78 is 35.5. The molecule has 10 N–H and O–H groups in total. The first-order valence-electron chi connectivity index (χ1n) is 40.3. The number of anilines is 7. The molecule has 0 saturated heterocycles. The van der Waals surface area contributed by atoms with Crippen molar-refractivity contribution in [3.8, 4) is 0 Å². The van der Waals surface area contributed by atoms with Crippen LogP contribution < -0.4 is 57.7 Å². The third-order valence-electron chi connectivity index (χ3n) is 20.3. The van der Waals surface area contributed by atoms with Gasteiger partial charge < -0.3 is 119 Å². The van der Waals surface area contributed by atoms with Crippen molar-refractivity contribution in [2.75, 3.05) is 168 Å². The van der Waals surface area contributed by atoms with Gasteiger partial charge in [-0.15, -0.1) is 0 Å². The monoisotopic (exact) mass is 1660 g/mol. The summed E-state index contributed by atoms with van der Waals surface area (Å²) in [5.41, 5.74) is 6.94. The van der Waals surface area contributed by atoms with Crippen LogP contribution in [-0.4, -0.2) is 256 Å². The first kappa shape index (κ1) is 90.4. The predicted octanol–water partition coefficient (Wildman–Crippen LogP) is 3.68. The quantitative estimate of drug-likeness (QED) is 0.0243. The Balaban J connectivity index is 0.484. The third kappa shape index (κ3) is 27.3. The average Bonchev–Trinajstić information content (AvgIpc) is 1.38. The van der Waals surface area contributed by atoms with Crippen LogP contribution in [0.1, 0.15) is 130 Å². The van der Waals surface area contributed by atoms with Crippen molar-refractivity contribution in [3.05, 3.63) is 138 Å². The Morgan fingerprint density at radius 1 is 0.533 bits per heavy atom. The van der Waals surface area contributed by atoms with E-state index in [0.717, 1.165) is 66.0 Å². The molecule has 646 valence electrons. The Hall–Kier alpha value is -11.9. The molecule has 2 aromatic carbocycles. The molecule has 3 aliphatic rings. The highest BCUT2D eigenvalue weighted by molar-refractivity contribution is 6.05. The van der Waals surface area contributed by atoms with Crippen LogP contribution in [0.5, 0.6) is 0 Å². The van der Waals surface area contributed by atoms with E-state index in [4.69, 9.17) is 23.7 Å². The van der Waals surface area contributed by atoms with Crippen molar-refractivity contribution in [1.29, 1.82) is 0 Å². The lowest BCUT2D eigenvalue weighted by Crippen LogP contribution is -2.52. The summed E-state index contributed by atoms with van der Waals surface area (Å²) in [5.74, 6) is -2.89. The van der Waals surface area contributed by atoms with Gasteiger partial charge in [-0.2, -0.15) is 0 Å². The fourth-order valence-electron chi connectivity index (χ4n) is 13.8. The molecule has 38 nitrogen and oxygen atoms in total. The van der Waals surface area contributed by atoms with E-state index in [-0.39, 0.29) is 142 Å². The molecule has 1 atom stereocenters. The maximum atomic E-state index is 13.3. The summed E-state index contributed by atoms with van der Waals surface area (Å²) in [4.78, 5) is 162. The number of rotatable bonds is 48. The summed E-state index contributed by atoms with van der Waals surface area (Å²) >= 11 is 0. The molecular formula is C82H111N21O17. The van der Waals surface area contributed by atoms with Gasteiger partial charge >= 0.3 is 0 Å². The van der Waals surface area contributed by atoms with Crippen molar-refractivity contribution in [3.63, 3.8) is 0 Å². The second-order valence-electron chi connectivity index (χ2n) is 29.6. The van der Waals surface area contributed by atoms with Gasteiger partial charge in [0.25, 0.3) is 23.6 Å². The molecule has 2 aliphatic heterocycles. The van der Waals surface area contributed by atoms with E-state index < -0.39 is 41.4 Å². The minimum Gasteiger partial charge on any atom is -0.392 e. The van der Waals surface area contributed by atoms with Crippen LogP contribution in [0.4, 0.5) is 40.2 Å². The number of hydrogen-bond acceptors (Lipinski definition) is 22. The van der Waals surface area contributed by atoms with Gasteiger partial charge in [-0.3, -0.25) is 52.7 Å². The number of aliphatic hydroxyl groups excluding tert-OH is 1. The number of amides is 11. The van der Waals surface area contributed by atoms with Gasteiger partial charge in [0.15, 0.2) is 17.5 Å². The van der Waals surface area contributed by atoms with Crippen LogP contribution >= 0.6 is 0 Å². The normalized spacial score (nSPS) is 13.8. The smallest absolute Gasteiger partial charge is 0.291 e. The van der Waals surface area contributed by atoms with Crippen LogP contribution in [0.25, 0.3) is 5.57 Å². The summed E-state index contributed by atoms with van der Waals surface area (Å²) in [6, 6.07) is 17.4. The molecule has 120 heavy (non-hydrogen) atoms. The number of aromatic nitrogens is 8. The van der Waals surface area contributed by atoms with Crippen LogP contribution in [0.15, 0.2) is 97.9 Å². The number of fused-ring (bicyclic) bond motifs is 1. The number of carbonyl (C=O) groups excluding carboxylic acids is 11. The lowest BCUT2D eigenvalue weighted by Gasteiger charge is -2.44. The number of imidazole rings is 3. The molecule has 1 aliphatic carbocycles. The number of aliphatic hydroxyl groups is 1. The van der Waals surface area contributed by atoms with E-state index in [0.29, 0.717) is 116 Å². The summed E-state index contributed by atoms with van der Waals surface area (Å²) in [6.45, 7) is 9.33. The van der Waals surface area contributed by atoms with E-state index in [2.05, 4.69) is 103 Å². The number of aryl methyl sites for hydroxylation is 5. The van der Waals surface area contributed by atoms with E-state index in [1.54, 1.807) is 74.7 Å². The predicted molar refractivity (Wildman–Crippen MR) is 446 cm³/mol. The number of benzene rings is 2. The van der Waals surface area contributed by atoms with Gasteiger partial charge in [0.2, 0.25) is 53.0 Å². The largest absolute Gasteiger partial charge is 0.392 e. The fraction of sp³-hybridized carbons (Fsp3) is 0.488. The van der Waals surface area contributed by atoms with Crippen LogP contribution in [0.3, 0.4) is 0 Å². The van der Waals surface area contributed by atoms with Crippen LogP contribution in [0, 0.1) is 5.92 Å². The Kier molecular flexibility index (Phi) is 34.1. The molecule has 0 bridgehead atoms. The molecule has 7 aromatic rings. The lowest BCUT2D eigenvalue weighted by atomic mass is 9.95. The van der Waals surface area contributed by atoms with E-state index in [1.807, 2.05) is 30.1 Å². The molecule has 0 radical (unpaired) electrons. The molecule has 1 saturated carbocycles. The van der Waals surface area contributed by atoms with Gasteiger partial charge in [0, 0.05) is 170 Å². The lowest BCUT2D eigenvalue weighted by molar-refractivity contribution is -0.136. The van der Waals surface area contributed by atoms with Gasteiger partial charge in [0.05, 0.1) is 94.9 Å². The SMILES string of the molecule is CC(=O)N1c2ccc(C3=CCN(C(=O)COCCOCCOCCOCCOCCC(=O)NCCCN(C)CCCNC(=O)CCNC(=O)c4nc(NC(=O)CCNC(=O)c5cc(NC(=O)c6nc(NC(=O)CCC(=O)Nc7cc(NC(=O)c8nccn8C)cn7C)cn6C)cn5C)cn4C)CC3)cc2N(Cc2ccccc2CO)C[C@@H]1C1CC1. The Labute approximate surface area is 695 Å². The average molecular weight is 1660 g/mol. The van der Waals surface area contributed by atoms with Gasteiger partial charge in [-0.05, 0) is 98.6 Å². The van der Waals surface area contributed by atoms with Crippen molar-refractivity contribution in [2.24, 2.45) is 41.2 Å². The van der Waals surface area contributed by atoms with Crippen LogP contribution in [0.2, 0.25) is 0 Å². The topological polar surface area (TPSA) is 439 Å². The minimum atomic E-state index is -0.648. The number of nitrogens with one attached hydrogen (secondary N) is 9. The highest BCUT2D eigenvalue weighted by atomic mass is 16.6. The Morgan fingerprint density at radius 2 is 1.09 bits per heavy atom. The van der Waals surface area contributed by atoms with E-state index in [9.17, 15) is 57.8 Å². The molecule has 7 heterocycles. The molecule has 10 rings (SSSR count). The molecule has 0 spiro atoms. The zero-order valence-corrected chi connectivity index (χ0v) is 69.2. The summed E-state index contributed by atoms with van der Waals surface area (Å²) in [5, 5.41) is 34.5. The van der Waals surface area contributed by atoms with Crippen molar-refractivity contribution in [1.82, 2.24) is 68.9 Å². The van der Waals surface area contributed by atoms with Crippen LogP contribution in [-0.2, 0) is 106 Å². The number of nitrogens with zero attached hydrogens (tertiary/aromatic N) is 12.